The number of alkyl halides is 3. The second-order valence-corrected chi connectivity index (χ2v) is 3.68. The van der Waals surface area contributed by atoms with Crippen LogP contribution in [0.4, 0.5) is 22.7 Å². The molecule has 2 N–H and O–H groups in total. The topological polar surface area (TPSA) is 69.4 Å². The van der Waals surface area contributed by atoms with Crippen LogP contribution in [0.1, 0.15) is 5.56 Å². The fraction of sp³-hybridized carbons (Fsp3) is 0.143. The minimum absolute atomic E-state index is 0.445. The summed E-state index contributed by atoms with van der Waals surface area (Å²) in [5, 5.41) is 0. The molecular weight excluding hydrogens is 254 g/mol. The molecule has 0 aliphatic heterocycles. The van der Waals surface area contributed by atoms with Crippen molar-refractivity contribution in [2.24, 2.45) is 0 Å². The number of hydrogen-bond donors (Lipinski definition) is 1. The summed E-state index contributed by atoms with van der Waals surface area (Å²) in [5.74, 6) is -0.699. The third kappa shape index (κ3) is 3.26. The van der Waals surface area contributed by atoms with Crippen LogP contribution in [0.3, 0.4) is 0 Å². The molecule has 0 aliphatic rings. The van der Waals surface area contributed by atoms with Crippen LogP contribution in [0.5, 0.6) is 5.75 Å². The van der Waals surface area contributed by atoms with E-state index in [1.54, 1.807) is 0 Å². The zero-order valence-corrected chi connectivity index (χ0v) is 8.27. The van der Waals surface area contributed by atoms with Crippen LogP contribution in [0, 0.1) is 0 Å². The molecule has 90 valence electrons. The second-order valence-electron chi connectivity index (χ2n) is 2.73. The Morgan fingerprint density at radius 1 is 1.25 bits per heavy atom. The maximum atomic E-state index is 12.1. The van der Waals surface area contributed by atoms with Gasteiger partial charge in [-0.2, -0.15) is 21.6 Å². The van der Waals surface area contributed by atoms with E-state index in [9.17, 15) is 25.5 Å². The van der Waals surface area contributed by atoms with Gasteiger partial charge < -0.3 is 9.92 Å². The van der Waals surface area contributed by atoms with Gasteiger partial charge in [0.2, 0.25) is 0 Å². The van der Waals surface area contributed by atoms with Gasteiger partial charge in [-0.15, -0.1) is 0 Å². The number of benzene rings is 1. The lowest BCUT2D eigenvalue weighted by atomic mass is 10.2. The molecule has 0 aromatic heterocycles. The standard InChI is InChI=1S/C7H5F4NO3S/c8-7(9,10)4-1-2-6(5(12)3-4)15-16(11,13)14/h1-3H,12H2. The maximum absolute atomic E-state index is 12.1. The molecule has 16 heavy (non-hydrogen) atoms. The summed E-state index contributed by atoms with van der Waals surface area (Å²) in [5.41, 5.74) is 3.35. The molecule has 0 radical (unpaired) electrons. The highest BCUT2D eigenvalue weighted by atomic mass is 32.3. The summed E-state index contributed by atoms with van der Waals surface area (Å²) in [6, 6.07) is 1.59. The Balaban J connectivity index is 3.11. The lowest BCUT2D eigenvalue weighted by Gasteiger charge is -2.09. The van der Waals surface area contributed by atoms with Gasteiger partial charge in [0.25, 0.3) is 0 Å². The smallest absolute Gasteiger partial charge is 0.396 e. The minimum Gasteiger partial charge on any atom is -0.396 e. The molecule has 0 fully saturated rings. The van der Waals surface area contributed by atoms with Crippen LogP contribution in [-0.2, 0) is 16.7 Å². The highest BCUT2D eigenvalue weighted by Gasteiger charge is 2.31. The number of nitrogen functional groups attached to an aromatic ring is 1. The number of halogens is 4. The first-order chi connectivity index (χ1) is 7.09. The van der Waals surface area contributed by atoms with Crippen molar-refractivity contribution in [3.8, 4) is 5.75 Å². The normalized spacial score (nSPS) is 12.5. The average Bonchev–Trinajstić information content (AvgIpc) is 2.04. The van der Waals surface area contributed by atoms with Crippen molar-refractivity contribution >= 4 is 16.2 Å². The molecule has 0 spiro atoms. The number of rotatable bonds is 2. The Morgan fingerprint density at radius 2 is 1.81 bits per heavy atom. The van der Waals surface area contributed by atoms with Gasteiger partial charge >= 0.3 is 16.7 Å². The Morgan fingerprint density at radius 3 is 2.19 bits per heavy atom. The summed E-state index contributed by atoms with van der Waals surface area (Å²) in [6.07, 6.45) is -4.62. The van der Waals surface area contributed by atoms with Gasteiger partial charge in [-0.1, -0.05) is 3.89 Å². The molecule has 0 amide bonds. The Hall–Kier alpha value is -1.51. The van der Waals surface area contributed by atoms with Crippen molar-refractivity contribution in [3.05, 3.63) is 23.8 Å². The van der Waals surface area contributed by atoms with E-state index in [2.05, 4.69) is 4.18 Å². The Bertz CT molecular complexity index is 497. The molecule has 9 heteroatoms. The molecule has 1 aromatic rings. The number of hydrogen-bond acceptors (Lipinski definition) is 4. The van der Waals surface area contributed by atoms with Crippen LogP contribution in [0.2, 0.25) is 0 Å². The van der Waals surface area contributed by atoms with E-state index < -0.39 is 33.7 Å². The summed E-state index contributed by atoms with van der Waals surface area (Å²) >= 11 is 0. The summed E-state index contributed by atoms with van der Waals surface area (Å²) in [7, 11) is -5.31. The van der Waals surface area contributed by atoms with Crippen LogP contribution >= 0.6 is 0 Å². The Labute approximate surface area is 88.0 Å². The van der Waals surface area contributed by atoms with Gasteiger partial charge in [-0.25, -0.2) is 0 Å². The SMILES string of the molecule is Nc1cc(C(F)(F)F)ccc1OS(=O)(=O)F. The lowest BCUT2D eigenvalue weighted by molar-refractivity contribution is -0.137. The summed E-state index contributed by atoms with van der Waals surface area (Å²) in [4.78, 5) is 0. The zero-order valence-electron chi connectivity index (χ0n) is 7.45. The van der Waals surface area contributed by atoms with Crippen molar-refractivity contribution in [1.82, 2.24) is 0 Å². The van der Waals surface area contributed by atoms with E-state index in [0.29, 0.717) is 18.2 Å². The van der Waals surface area contributed by atoms with Gasteiger partial charge in [0, 0.05) is 0 Å². The fourth-order valence-electron chi connectivity index (χ4n) is 0.908. The molecule has 0 unspecified atom stereocenters. The van der Waals surface area contributed by atoms with Crippen LogP contribution < -0.4 is 9.92 Å². The van der Waals surface area contributed by atoms with Crippen LogP contribution in [0.25, 0.3) is 0 Å². The Kier molecular flexibility index (Phi) is 2.99. The monoisotopic (exact) mass is 259 g/mol. The van der Waals surface area contributed by atoms with Gasteiger partial charge in [0.15, 0.2) is 5.75 Å². The van der Waals surface area contributed by atoms with E-state index in [0.717, 1.165) is 0 Å². The quantitative estimate of drug-likeness (QED) is 0.500. The van der Waals surface area contributed by atoms with Gasteiger partial charge in [0.05, 0.1) is 11.3 Å². The number of anilines is 1. The van der Waals surface area contributed by atoms with E-state index in [4.69, 9.17) is 5.73 Å². The molecule has 1 rings (SSSR count). The third-order valence-electron chi connectivity index (χ3n) is 1.53. The first-order valence-electron chi connectivity index (χ1n) is 3.70. The van der Waals surface area contributed by atoms with E-state index >= 15 is 0 Å². The van der Waals surface area contributed by atoms with E-state index in [1.165, 1.54) is 0 Å². The van der Waals surface area contributed by atoms with Crippen LogP contribution in [-0.4, -0.2) is 8.42 Å². The lowest BCUT2D eigenvalue weighted by Crippen LogP contribution is -2.08. The summed E-state index contributed by atoms with van der Waals surface area (Å²) in [6.45, 7) is 0. The molecule has 0 aliphatic carbocycles. The van der Waals surface area contributed by atoms with Gasteiger partial charge in [-0.3, -0.25) is 0 Å². The average molecular weight is 259 g/mol. The van der Waals surface area contributed by atoms with E-state index in [1.807, 2.05) is 0 Å². The molecule has 0 heterocycles. The van der Waals surface area contributed by atoms with Crippen molar-refractivity contribution in [1.29, 1.82) is 0 Å². The summed E-state index contributed by atoms with van der Waals surface area (Å²) < 4.78 is 72.4. The highest BCUT2D eigenvalue weighted by molar-refractivity contribution is 7.81. The minimum atomic E-state index is -5.31. The predicted octanol–water partition coefficient (Wildman–Crippen LogP) is 1.88. The van der Waals surface area contributed by atoms with Crippen molar-refractivity contribution in [2.75, 3.05) is 5.73 Å². The van der Waals surface area contributed by atoms with Crippen LogP contribution in [0.15, 0.2) is 18.2 Å². The van der Waals surface area contributed by atoms with Crippen molar-refractivity contribution in [3.63, 3.8) is 0 Å². The molecule has 0 saturated carbocycles. The van der Waals surface area contributed by atoms with E-state index in [-0.39, 0.29) is 0 Å². The maximum Gasteiger partial charge on any atom is 0.488 e. The van der Waals surface area contributed by atoms with Crippen molar-refractivity contribution in [2.45, 2.75) is 6.18 Å². The molecule has 0 bridgehead atoms. The highest BCUT2D eigenvalue weighted by Crippen LogP contribution is 2.34. The molecular formula is C7H5F4NO3S. The largest absolute Gasteiger partial charge is 0.488 e. The van der Waals surface area contributed by atoms with Gasteiger partial charge in [0.1, 0.15) is 0 Å². The zero-order chi connectivity index (χ0) is 12.6. The van der Waals surface area contributed by atoms with Crippen molar-refractivity contribution < 1.29 is 29.7 Å². The first kappa shape index (κ1) is 12.6. The second kappa shape index (κ2) is 3.81. The molecule has 0 atom stereocenters. The molecule has 0 saturated heterocycles. The molecule has 1 aromatic carbocycles. The molecule has 4 nitrogen and oxygen atoms in total. The van der Waals surface area contributed by atoms with Gasteiger partial charge in [-0.05, 0) is 18.2 Å². The third-order valence-corrected chi connectivity index (χ3v) is 1.91. The predicted molar refractivity (Wildman–Crippen MR) is 46.5 cm³/mol. The first-order valence-corrected chi connectivity index (χ1v) is 5.01. The number of nitrogens with two attached hydrogens (primary N) is 1. The fourth-order valence-corrected chi connectivity index (χ4v) is 1.27.